The largest absolute Gasteiger partial charge is 0.374 e. The van der Waals surface area contributed by atoms with E-state index in [4.69, 9.17) is 14.2 Å². The van der Waals surface area contributed by atoms with E-state index in [1.807, 2.05) is 6.07 Å². The van der Waals surface area contributed by atoms with Crippen LogP contribution in [0, 0.1) is 15.5 Å². The minimum absolute atomic E-state index is 0.114. The summed E-state index contributed by atoms with van der Waals surface area (Å²) in [4.78, 5) is 15.8. The molecule has 1 aromatic rings. The molecule has 3 aliphatic rings. The Morgan fingerprint density at radius 3 is 2.56 bits per heavy atom. The highest BCUT2D eigenvalue weighted by molar-refractivity contribution is 5.58. The van der Waals surface area contributed by atoms with Crippen molar-refractivity contribution < 1.29 is 19.1 Å². The fourth-order valence-electron chi connectivity index (χ4n) is 5.19. The second-order valence-corrected chi connectivity index (χ2v) is 9.58. The minimum atomic E-state index is -0.333. The van der Waals surface area contributed by atoms with Gasteiger partial charge in [-0.25, -0.2) is 0 Å². The molecule has 0 N–H and O–H groups in total. The predicted molar refractivity (Wildman–Crippen MR) is 123 cm³/mol. The smallest absolute Gasteiger partial charge is 0.269 e. The van der Waals surface area contributed by atoms with E-state index in [0.717, 1.165) is 50.2 Å². The van der Waals surface area contributed by atoms with Crippen LogP contribution in [0.4, 0.5) is 11.4 Å². The third-order valence-corrected chi connectivity index (χ3v) is 7.41. The molecular weight excluding hydrogens is 410 g/mol. The lowest BCUT2D eigenvalue weighted by atomic mass is 9.71. The minimum Gasteiger partial charge on any atom is -0.374 e. The zero-order valence-corrected chi connectivity index (χ0v) is 19.3. The number of nitrogens with zero attached hydrogens (tertiary/aromatic N) is 3. The number of nitro benzene ring substituents is 1. The van der Waals surface area contributed by atoms with Gasteiger partial charge in [0.2, 0.25) is 0 Å². The molecule has 3 saturated heterocycles. The molecule has 32 heavy (non-hydrogen) atoms. The maximum absolute atomic E-state index is 11.3. The Labute approximate surface area is 190 Å². The Morgan fingerprint density at radius 1 is 1.12 bits per heavy atom. The zero-order valence-electron chi connectivity index (χ0n) is 19.3. The van der Waals surface area contributed by atoms with Crippen LogP contribution in [0.1, 0.15) is 50.5 Å². The first-order chi connectivity index (χ1) is 15.5. The van der Waals surface area contributed by atoms with Crippen molar-refractivity contribution in [2.45, 2.75) is 57.8 Å². The summed E-state index contributed by atoms with van der Waals surface area (Å²) < 4.78 is 17.2. The Morgan fingerprint density at radius 2 is 1.88 bits per heavy atom. The summed E-state index contributed by atoms with van der Waals surface area (Å²) in [6, 6.07) is 5.18. The highest BCUT2D eigenvalue weighted by Gasteiger charge is 2.37. The molecule has 1 spiro atoms. The topological polar surface area (TPSA) is 77.3 Å². The van der Waals surface area contributed by atoms with Crippen molar-refractivity contribution >= 4 is 11.4 Å². The lowest BCUT2D eigenvalue weighted by Crippen LogP contribution is -2.46. The molecule has 3 fully saturated rings. The van der Waals surface area contributed by atoms with Crippen molar-refractivity contribution in [2.24, 2.45) is 5.41 Å². The molecule has 1 unspecified atom stereocenters. The van der Waals surface area contributed by atoms with Gasteiger partial charge in [-0.05, 0) is 76.6 Å². The fourth-order valence-corrected chi connectivity index (χ4v) is 5.19. The maximum atomic E-state index is 11.3. The van der Waals surface area contributed by atoms with Gasteiger partial charge in [0.05, 0.1) is 24.7 Å². The van der Waals surface area contributed by atoms with E-state index < -0.39 is 0 Å². The van der Waals surface area contributed by atoms with Crippen LogP contribution in [-0.4, -0.2) is 69.2 Å². The summed E-state index contributed by atoms with van der Waals surface area (Å²) >= 11 is 0. The van der Waals surface area contributed by atoms with Crippen molar-refractivity contribution in [3.8, 4) is 0 Å². The summed E-state index contributed by atoms with van der Waals surface area (Å²) in [6.07, 6.45) is 7.97. The van der Waals surface area contributed by atoms with Crippen LogP contribution >= 0.6 is 0 Å². The first kappa shape index (κ1) is 23.4. The van der Waals surface area contributed by atoms with Crippen molar-refractivity contribution in [3.63, 3.8) is 0 Å². The van der Waals surface area contributed by atoms with E-state index in [1.54, 1.807) is 12.1 Å². The van der Waals surface area contributed by atoms with Gasteiger partial charge >= 0.3 is 0 Å². The number of anilines is 1. The van der Waals surface area contributed by atoms with Gasteiger partial charge in [0.1, 0.15) is 0 Å². The van der Waals surface area contributed by atoms with E-state index in [2.05, 4.69) is 16.8 Å². The molecule has 1 aromatic carbocycles. The first-order valence-electron chi connectivity index (χ1n) is 12.1. The molecular formula is C24H37N3O5. The molecule has 0 aliphatic carbocycles. The molecule has 178 valence electrons. The van der Waals surface area contributed by atoms with E-state index in [0.29, 0.717) is 25.2 Å². The average molecular weight is 448 g/mol. The number of ether oxygens (including phenoxy) is 3. The molecule has 3 aliphatic heterocycles. The predicted octanol–water partition coefficient (Wildman–Crippen LogP) is 3.97. The fraction of sp³-hybridized carbons (Fsp3) is 0.750. The Bertz CT molecular complexity index is 750. The lowest BCUT2D eigenvalue weighted by molar-refractivity contribution is -0.384. The van der Waals surface area contributed by atoms with Crippen LogP contribution < -0.4 is 4.90 Å². The van der Waals surface area contributed by atoms with Crippen molar-refractivity contribution in [2.75, 3.05) is 57.9 Å². The van der Waals surface area contributed by atoms with Crippen LogP contribution in [-0.2, 0) is 20.8 Å². The van der Waals surface area contributed by atoms with E-state index in [-0.39, 0.29) is 16.9 Å². The number of non-ortho nitro benzene ring substituents is 1. The molecule has 0 aromatic heterocycles. The maximum Gasteiger partial charge on any atom is 0.269 e. The molecule has 8 heteroatoms. The molecule has 3 heterocycles. The Hall–Kier alpha value is -1.74. The first-order valence-corrected chi connectivity index (χ1v) is 12.1. The van der Waals surface area contributed by atoms with Crippen molar-refractivity contribution in [3.05, 3.63) is 33.9 Å². The standard InChI is InChI=1S/C24H37N3O5/c1-25-11-7-24(8-12-25)9-13-26(14-10-24)22-6-5-21(27(28)29)18-20(22)19-30-16-17-32-23-4-2-3-15-31-23/h5-6,18,23H,2-4,7-17,19H2,1H3. The monoisotopic (exact) mass is 447 g/mol. The number of benzene rings is 1. The summed E-state index contributed by atoms with van der Waals surface area (Å²) in [5.74, 6) is 0. The third-order valence-electron chi connectivity index (χ3n) is 7.41. The van der Waals surface area contributed by atoms with E-state index in [1.165, 1.54) is 38.8 Å². The van der Waals surface area contributed by atoms with E-state index in [9.17, 15) is 10.1 Å². The molecule has 8 nitrogen and oxygen atoms in total. The van der Waals surface area contributed by atoms with Crippen molar-refractivity contribution in [1.29, 1.82) is 0 Å². The van der Waals surface area contributed by atoms with Gasteiger partial charge in [-0.2, -0.15) is 0 Å². The summed E-state index contributed by atoms with van der Waals surface area (Å²) in [6.45, 7) is 6.38. The molecule has 0 bridgehead atoms. The van der Waals surface area contributed by atoms with Crippen LogP contribution in [0.2, 0.25) is 0 Å². The summed E-state index contributed by atoms with van der Waals surface area (Å²) in [5.41, 5.74) is 2.53. The van der Waals surface area contributed by atoms with Crippen molar-refractivity contribution in [1.82, 2.24) is 4.90 Å². The normalized spacial score (nSPS) is 24.0. The van der Waals surface area contributed by atoms with Gasteiger partial charge in [0.25, 0.3) is 5.69 Å². The average Bonchev–Trinajstić information content (AvgIpc) is 2.82. The number of hydrogen-bond donors (Lipinski definition) is 0. The van der Waals surface area contributed by atoms with Gasteiger partial charge in [-0.1, -0.05) is 0 Å². The summed E-state index contributed by atoms with van der Waals surface area (Å²) in [7, 11) is 2.21. The van der Waals surface area contributed by atoms with Crippen LogP contribution in [0.15, 0.2) is 18.2 Å². The molecule has 0 saturated carbocycles. The highest BCUT2D eigenvalue weighted by Crippen LogP contribution is 2.42. The van der Waals surface area contributed by atoms with Crippen LogP contribution in [0.25, 0.3) is 0 Å². The second-order valence-electron chi connectivity index (χ2n) is 9.58. The quantitative estimate of drug-likeness (QED) is 0.339. The number of hydrogen-bond acceptors (Lipinski definition) is 7. The Kier molecular flexibility index (Phi) is 7.99. The number of nitro groups is 1. The number of rotatable bonds is 8. The van der Waals surface area contributed by atoms with Gasteiger partial charge in [-0.15, -0.1) is 0 Å². The van der Waals surface area contributed by atoms with Crippen LogP contribution in [0.5, 0.6) is 0 Å². The van der Waals surface area contributed by atoms with Gasteiger partial charge in [0.15, 0.2) is 6.29 Å². The number of likely N-dealkylation sites (tertiary alicyclic amines) is 1. The second kappa shape index (κ2) is 10.9. The highest BCUT2D eigenvalue weighted by atomic mass is 16.7. The molecule has 0 amide bonds. The third kappa shape index (κ3) is 5.98. The van der Waals surface area contributed by atoms with Gasteiger partial charge < -0.3 is 24.0 Å². The Balaban J connectivity index is 1.33. The van der Waals surface area contributed by atoms with E-state index >= 15 is 0 Å². The summed E-state index contributed by atoms with van der Waals surface area (Å²) in [5, 5.41) is 11.3. The van der Waals surface area contributed by atoms with Gasteiger partial charge in [0, 0.05) is 43.1 Å². The lowest BCUT2D eigenvalue weighted by Gasteiger charge is -2.47. The molecule has 0 radical (unpaired) electrons. The number of piperidine rings is 2. The zero-order chi connectivity index (χ0) is 22.4. The SMILES string of the molecule is CN1CCC2(CC1)CCN(c1ccc([N+](=O)[O-])cc1COCCOC1CCCCO1)CC2. The van der Waals surface area contributed by atoms with Gasteiger partial charge in [-0.3, -0.25) is 10.1 Å². The molecule has 1 atom stereocenters. The van der Waals surface area contributed by atoms with Crippen LogP contribution in [0.3, 0.4) is 0 Å². The molecule has 4 rings (SSSR count).